The lowest BCUT2D eigenvalue weighted by Gasteiger charge is -2.17. The van der Waals surface area contributed by atoms with Crippen molar-refractivity contribution in [3.63, 3.8) is 0 Å². The van der Waals surface area contributed by atoms with Gasteiger partial charge in [-0.1, -0.05) is 17.7 Å². The van der Waals surface area contributed by atoms with Crippen molar-refractivity contribution in [1.29, 1.82) is 0 Å². The number of rotatable bonds is 3. The van der Waals surface area contributed by atoms with Gasteiger partial charge >= 0.3 is 0 Å². The number of ether oxygens (including phenoxy) is 2. The summed E-state index contributed by atoms with van der Waals surface area (Å²) in [5.74, 6) is 1.38. The SMILES string of the molecule is O=C(Nc1cc2[nH]ccc2cc1Cl)C1(c2ccc3c(c2)OCO3)CC1.[HH]. The summed E-state index contributed by atoms with van der Waals surface area (Å²) >= 11 is 6.33. The molecule has 5 nitrogen and oxygen atoms in total. The largest absolute Gasteiger partial charge is 0.454 e. The van der Waals surface area contributed by atoms with Crippen molar-refractivity contribution in [2.45, 2.75) is 18.3 Å². The highest BCUT2D eigenvalue weighted by Gasteiger charge is 2.51. The van der Waals surface area contributed by atoms with Crippen molar-refractivity contribution >= 4 is 34.1 Å². The molecular weight excluding hydrogens is 340 g/mol. The normalized spacial score (nSPS) is 16.8. The Kier molecular flexibility index (Phi) is 3.03. The van der Waals surface area contributed by atoms with E-state index in [1.54, 1.807) is 0 Å². The summed E-state index contributed by atoms with van der Waals surface area (Å²) in [4.78, 5) is 16.1. The van der Waals surface area contributed by atoms with E-state index in [0.717, 1.165) is 35.1 Å². The van der Waals surface area contributed by atoms with Crippen LogP contribution in [0.25, 0.3) is 10.9 Å². The molecule has 25 heavy (non-hydrogen) atoms. The van der Waals surface area contributed by atoms with Crippen LogP contribution in [0.15, 0.2) is 42.6 Å². The van der Waals surface area contributed by atoms with Crippen molar-refractivity contribution in [1.82, 2.24) is 4.98 Å². The summed E-state index contributed by atoms with van der Waals surface area (Å²) in [6.45, 7) is 0.226. The first-order chi connectivity index (χ1) is 12.2. The van der Waals surface area contributed by atoms with Crippen LogP contribution in [0.2, 0.25) is 5.02 Å². The molecule has 2 aliphatic rings. The fourth-order valence-electron chi connectivity index (χ4n) is 3.38. The highest BCUT2D eigenvalue weighted by atomic mass is 35.5. The molecule has 0 bridgehead atoms. The Morgan fingerprint density at radius 3 is 2.84 bits per heavy atom. The number of hydrogen-bond acceptors (Lipinski definition) is 3. The van der Waals surface area contributed by atoms with Gasteiger partial charge in [-0.25, -0.2) is 0 Å². The van der Waals surface area contributed by atoms with Gasteiger partial charge in [0.25, 0.3) is 0 Å². The fraction of sp³-hybridized carbons (Fsp3) is 0.211. The van der Waals surface area contributed by atoms with Crippen LogP contribution in [0.4, 0.5) is 5.69 Å². The van der Waals surface area contributed by atoms with E-state index in [9.17, 15) is 4.79 Å². The van der Waals surface area contributed by atoms with Gasteiger partial charge < -0.3 is 19.8 Å². The first-order valence-corrected chi connectivity index (χ1v) is 8.52. The zero-order chi connectivity index (χ0) is 17.0. The zero-order valence-electron chi connectivity index (χ0n) is 13.3. The van der Waals surface area contributed by atoms with Crippen LogP contribution in [-0.2, 0) is 10.2 Å². The summed E-state index contributed by atoms with van der Waals surface area (Å²) in [7, 11) is 0. The molecule has 0 radical (unpaired) electrons. The van der Waals surface area contributed by atoms with Crippen LogP contribution >= 0.6 is 11.6 Å². The molecule has 6 heteroatoms. The van der Waals surface area contributed by atoms with E-state index in [1.165, 1.54) is 0 Å². The van der Waals surface area contributed by atoms with E-state index in [2.05, 4.69) is 10.3 Å². The Bertz CT molecular complexity index is 1010. The first-order valence-electron chi connectivity index (χ1n) is 8.14. The average molecular weight is 357 g/mol. The number of benzene rings is 2. The lowest BCUT2D eigenvalue weighted by molar-refractivity contribution is -0.118. The van der Waals surface area contributed by atoms with E-state index in [4.69, 9.17) is 21.1 Å². The molecule has 1 saturated carbocycles. The minimum absolute atomic E-state index is 0. The second-order valence-electron chi connectivity index (χ2n) is 6.50. The van der Waals surface area contributed by atoms with Crippen molar-refractivity contribution in [2.24, 2.45) is 0 Å². The van der Waals surface area contributed by atoms with Gasteiger partial charge in [0.2, 0.25) is 12.7 Å². The molecule has 1 fully saturated rings. The number of anilines is 1. The summed E-state index contributed by atoms with van der Waals surface area (Å²) in [6.07, 6.45) is 3.46. The van der Waals surface area contributed by atoms with E-state index in [1.807, 2.05) is 42.6 Å². The minimum Gasteiger partial charge on any atom is -0.454 e. The van der Waals surface area contributed by atoms with Gasteiger partial charge in [-0.2, -0.15) is 0 Å². The average Bonchev–Trinajstić information content (AvgIpc) is 3.08. The van der Waals surface area contributed by atoms with Gasteiger partial charge in [0.05, 0.1) is 16.1 Å². The maximum atomic E-state index is 13.0. The number of hydrogen-bond donors (Lipinski definition) is 2. The van der Waals surface area contributed by atoms with E-state index < -0.39 is 5.41 Å². The summed E-state index contributed by atoms with van der Waals surface area (Å²) in [5, 5.41) is 4.54. The van der Waals surface area contributed by atoms with Crippen LogP contribution in [0.1, 0.15) is 19.8 Å². The molecule has 128 valence electrons. The number of aromatic amines is 1. The van der Waals surface area contributed by atoms with Gasteiger partial charge in [0.1, 0.15) is 0 Å². The van der Waals surface area contributed by atoms with Crippen LogP contribution < -0.4 is 14.8 Å². The highest BCUT2D eigenvalue weighted by Crippen LogP contribution is 2.51. The molecule has 0 unspecified atom stereocenters. The van der Waals surface area contributed by atoms with Crippen LogP contribution in [0.5, 0.6) is 11.5 Å². The lowest BCUT2D eigenvalue weighted by Crippen LogP contribution is -2.27. The third-order valence-corrected chi connectivity index (χ3v) is 5.31. The Balaban J connectivity index is 0.00000168. The molecule has 1 aromatic heterocycles. The monoisotopic (exact) mass is 356 g/mol. The number of aromatic nitrogens is 1. The Morgan fingerprint density at radius 2 is 2.00 bits per heavy atom. The third kappa shape index (κ3) is 2.27. The Morgan fingerprint density at radius 1 is 1.16 bits per heavy atom. The molecule has 2 aromatic carbocycles. The first kappa shape index (κ1) is 14.7. The van der Waals surface area contributed by atoms with Crippen LogP contribution in [-0.4, -0.2) is 17.7 Å². The van der Waals surface area contributed by atoms with Gasteiger partial charge in [-0.15, -0.1) is 0 Å². The number of amides is 1. The predicted molar refractivity (Wildman–Crippen MR) is 97.5 cm³/mol. The molecule has 5 rings (SSSR count). The fourth-order valence-corrected chi connectivity index (χ4v) is 3.60. The lowest BCUT2D eigenvalue weighted by atomic mass is 9.94. The molecule has 2 heterocycles. The second kappa shape index (κ2) is 5.17. The number of nitrogens with one attached hydrogen (secondary N) is 2. The predicted octanol–water partition coefficient (Wildman–Crippen LogP) is 4.47. The number of carbonyl (C=O) groups is 1. The van der Waals surface area contributed by atoms with Crippen molar-refractivity contribution in [3.05, 3.63) is 53.2 Å². The van der Waals surface area contributed by atoms with Crippen molar-refractivity contribution in [2.75, 3.05) is 12.1 Å². The molecule has 2 N–H and O–H groups in total. The van der Waals surface area contributed by atoms with Gasteiger partial charge in [-0.05, 0) is 48.7 Å². The number of carbonyl (C=O) groups excluding carboxylic acids is 1. The number of fused-ring (bicyclic) bond motifs is 2. The zero-order valence-corrected chi connectivity index (χ0v) is 14.0. The smallest absolute Gasteiger partial charge is 0.235 e. The Hall–Kier alpha value is -2.66. The highest BCUT2D eigenvalue weighted by molar-refractivity contribution is 6.34. The quantitative estimate of drug-likeness (QED) is 0.728. The summed E-state index contributed by atoms with van der Waals surface area (Å²) in [5.41, 5.74) is 1.99. The third-order valence-electron chi connectivity index (χ3n) is 5.00. The summed E-state index contributed by atoms with van der Waals surface area (Å²) < 4.78 is 10.8. The van der Waals surface area contributed by atoms with Crippen LogP contribution in [0.3, 0.4) is 0 Å². The van der Waals surface area contributed by atoms with Gasteiger partial charge in [0, 0.05) is 18.5 Å². The second-order valence-corrected chi connectivity index (χ2v) is 6.91. The molecule has 0 atom stereocenters. The summed E-state index contributed by atoms with van der Waals surface area (Å²) in [6, 6.07) is 11.4. The van der Waals surface area contributed by atoms with Crippen molar-refractivity contribution < 1.29 is 15.7 Å². The molecular formula is C19H17ClN2O3. The number of H-pyrrole nitrogens is 1. The molecule has 0 saturated heterocycles. The standard InChI is InChI=1S/C19H15ClN2O3.H2/c20-13-7-11-3-6-21-14(11)9-15(13)22-18(23)19(4-5-19)12-1-2-16-17(8-12)25-10-24-16;/h1-3,6-9,21H,4-5,10H2,(H,22,23);1H. The van der Waals surface area contributed by atoms with Gasteiger partial charge in [0.15, 0.2) is 11.5 Å². The van der Waals surface area contributed by atoms with Crippen molar-refractivity contribution in [3.8, 4) is 11.5 Å². The van der Waals surface area contributed by atoms with Crippen LogP contribution in [0, 0.1) is 0 Å². The minimum atomic E-state index is -0.519. The molecule has 1 aliphatic carbocycles. The molecule has 1 amide bonds. The molecule has 1 aliphatic heterocycles. The topological polar surface area (TPSA) is 63.4 Å². The van der Waals surface area contributed by atoms with E-state index in [-0.39, 0.29) is 14.1 Å². The maximum absolute atomic E-state index is 13.0. The van der Waals surface area contributed by atoms with E-state index in [0.29, 0.717) is 16.5 Å². The molecule has 0 spiro atoms. The maximum Gasteiger partial charge on any atom is 0.235 e. The molecule has 3 aromatic rings. The van der Waals surface area contributed by atoms with E-state index >= 15 is 0 Å². The Labute approximate surface area is 150 Å². The number of halogens is 1. The van der Waals surface area contributed by atoms with Gasteiger partial charge in [-0.3, -0.25) is 4.79 Å².